The molecule has 0 aromatic rings. The van der Waals surface area contributed by atoms with Gasteiger partial charge in [-0.2, -0.15) is 0 Å². The molecule has 3 aliphatic carbocycles. The lowest BCUT2D eigenvalue weighted by Crippen LogP contribution is -2.75. The van der Waals surface area contributed by atoms with E-state index in [0.717, 1.165) is 19.3 Å². The van der Waals surface area contributed by atoms with E-state index in [9.17, 15) is 20.1 Å². The summed E-state index contributed by atoms with van der Waals surface area (Å²) in [5, 5.41) is 34.5. The number of aliphatic hydroxyl groups excluding tert-OH is 2. The third-order valence-corrected chi connectivity index (χ3v) is 12.2. The first-order valence-corrected chi connectivity index (χ1v) is 15.7. The summed E-state index contributed by atoms with van der Waals surface area (Å²) in [7, 11) is 0. The second-order valence-electron chi connectivity index (χ2n) is 14.2. The van der Waals surface area contributed by atoms with Crippen molar-refractivity contribution in [2.45, 2.75) is 146 Å². The molecular weight excluding hydrogens is 500 g/mol. The molecule has 222 valence electrons. The number of carbonyl (C=O) groups excluding carboxylic acids is 1. The standard InChI is InChI=1S/C31H50O8/c1-7-8-9-10-11-12-13-14-28-37-25-22-24-27(16-32,36-24)26(34)29(35)21(15-18(4)23(29)33)31(22,39-28)20(6)19(5)30(25,38-28)17(2)3/h17-22,24-26,32,34-35H,7-16H2,1-6H3/t18-,19+,20+,21+,22-,24-,25+,26+,27-,28?,29+,30-,31-/m0/s1. The Kier molecular flexibility index (Phi) is 6.72. The summed E-state index contributed by atoms with van der Waals surface area (Å²) in [5.74, 6) is -3.15. The van der Waals surface area contributed by atoms with Crippen LogP contribution in [0, 0.1) is 35.5 Å². The Morgan fingerprint density at radius 2 is 1.62 bits per heavy atom. The number of Topliss-reactive ketones (excluding diaryl/α,β-unsaturated/α-hetero) is 1. The van der Waals surface area contributed by atoms with Gasteiger partial charge in [0.25, 0.3) is 5.97 Å². The van der Waals surface area contributed by atoms with Crippen LogP contribution in [0.1, 0.15) is 99.3 Å². The van der Waals surface area contributed by atoms with E-state index in [-0.39, 0.29) is 23.5 Å². The number of epoxide rings is 1. The summed E-state index contributed by atoms with van der Waals surface area (Å²) in [6.07, 6.45) is 6.51. The number of carbonyl (C=O) groups is 1. The van der Waals surface area contributed by atoms with Gasteiger partial charge in [-0.25, -0.2) is 0 Å². The molecule has 3 saturated heterocycles. The third kappa shape index (κ3) is 3.34. The summed E-state index contributed by atoms with van der Waals surface area (Å²) in [5.41, 5.74) is -5.16. The smallest absolute Gasteiger partial charge is 0.284 e. The lowest BCUT2D eigenvalue weighted by atomic mass is 9.49. The number of hydrogen-bond acceptors (Lipinski definition) is 8. The molecule has 3 bridgehead atoms. The van der Waals surface area contributed by atoms with Crippen molar-refractivity contribution < 1.29 is 39.1 Å². The lowest BCUT2D eigenvalue weighted by Gasteiger charge is -2.62. The monoisotopic (exact) mass is 550 g/mol. The van der Waals surface area contributed by atoms with Gasteiger partial charge in [0.15, 0.2) is 11.4 Å². The van der Waals surface area contributed by atoms with Crippen molar-refractivity contribution in [2.24, 2.45) is 35.5 Å². The number of ether oxygens (including phenoxy) is 4. The minimum Gasteiger partial charge on any atom is -0.393 e. The highest BCUT2D eigenvalue weighted by atomic mass is 16.9. The number of aliphatic hydroxyl groups is 3. The zero-order valence-corrected chi connectivity index (χ0v) is 24.7. The number of rotatable bonds is 10. The Hall–Kier alpha value is -0.610. The molecular formula is C31H50O8. The van der Waals surface area contributed by atoms with Crippen molar-refractivity contribution in [1.29, 1.82) is 0 Å². The van der Waals surface area contributed by atoms with E-state index in [0.29, 0.717) is 12.8 Å². The van der Waals surface area contributed by atoms with E-state index in [1.54, 1.807) is 0 Å². The van der Waals surface area contributed by atoms with Crippen molar-refractivity contribution in [3.8, 4) is 0 Å². The third-order valence-electron chi connectivity index (χ3n) is 12.2. The molecule has 6 aliphatic rings. The van der Waals surface area contributed by atoms with Crippen molar-refractivity contribution in [3.05, 3.63) is 0 Å². The number of ketones is 1. The molecule has 39 heavy (non-hydrogen) atoms. The number of unbranched alkanes of at least 4 members (excludes halogenated alkanes) is 6. The maximum Gasteiger partial charge on any atom is 0.284 e. The van der Waals surface area contributed by atoms with Gasteiger partial charge in [0.2, 0.25) is 0 Å². The summed E-state index contributed by atoms with van der Waals surface area (Å²) >= 11 is 0. The van der Waals surface area contributed by atoms with Crippen molar-refractivity contribution >= 4 is 5.78 Å². The van der Waals surface area contributed by atoms with Crippen molar-refractivity contribution in [2.75, 3.05) is 6.61 Å². The van der Waals surface area contributed by atoms with Crippen molar-refractivity contribution in [1.82, 2.24) is 0 Å². The van der Waals surface area contributed by atoms with Gasteiger partial charge < -0.3 is 34.3 Å². The molecule has 0 amide bonds. The van der Waals surface area contributed by atoms with Gasteiger partial charge in [-0.15, -0.1) is 0 Å². The minimum atomic E-state index is -2.07. The lowest BCUT2D eigenvalue weighted by molar-refractivity contribution is -0.434. The zero-order valence-electron chi connectivity index (χ0n) is 24.7. The minimum absolute atomic E-state index is 0.00458. The van der Waals surface area contributed by atoms with Gasteiger partial charge in [-0.1, -0.05) is 80.1 Å². The van der Waals surface area contributed by atoms with E-state index in [4.69, 9.17) is 18.9 Å². The van der Waals surface area contributed by atoms with E-state index in [1.807, 2.05) is 6.92 Å². The van der Waals surface area contributed by atoms with Crippen LogP contribution in [-0.4, -0.2) is 74.4 Å². The highest BCUT2D eigenvalue weighted by Crippen LogP contribution is 2.74. The molecule has 1 unspecified atom stereocenters. The van der Waals surface area contributed by atoms with Gasteiger partial charge in [0, 0.05) is 24.2 Å². The van der Waals surface area contributed by atoms with E-state index in [2.05, 4.69) is 34.6 Å². The second kappa shape index (κ2) is 9.19. The SMILES string of the molecule is CCCCCCCCCC12O[C@@H]3[C@@H]4[C@@H]5O[C@]5(CO)[C@@H](O)[C@]5(O)C(=O)[C@@H](C)C[C@H]5[C@@]4(O1)[C@H](C)[C@@H](C)[C@]3(C(C)C)O2. The average molecular weight is 551 g/mol. The maximum atomic E-state index is 13.7. The van der Waals surface area contributed by atoms with E-state index < -0.39 is 71.0 Å². The first kappa shape index (κ1) is 28.5. The van der Waals surface area contributed by atoms with Crippen molar-refractivity contribution in [3.63, 3.8) is 0 Å². The summed E-state index contributed by atoms with van der Waals surface area (Å²) in [6.45, 7) is 12.2. The highest BCUT2D eigenvalue weighted by Gasteiger charge is 2.89. The van der Waals surface area contributed by atoms with Crippen LogP contribution in [-0.2, 0) is 23.7 Å². The van der Waals surface area contributed by atoms with Crippen LogP contribution in [0.3, 0.4) is 0 Å². The average Bonchev–Trinajstić information content (AvgIpc) is 3.53. The molecule has 3 N–H and O–H groups in total. The predicted molar refractivity (Wildman–Crippen MR) is 142 cm³/mol. The molecule has 6 rings (SSSR count). The van der Waals surface area contributed by atoms with Crippen LogP contribution in [0.5, 0.6) is 0 Å². The number of fused-ring (bicyclic) bond motifs is 3. The molecule has 0 radical (unpaired) electrons. The van der Waals surface area contributed by atoms with Gasteiger partial charge in [-0.3, -0.25) is 4.79 Å². The Labute approximate surface area is 233 Å². The van der Waals surface area contributed by atoms with Gasteiger partial charge in [-0.05, 0) is 30.6 Å². The largest absolute Gasteiger partial charge is 0.393 e. The van der Waals surface area contributed by atoms with Gasteiger partial charge in [0.1, 0.15) is 29.5 Å². The Balaban J connectivity index is 1.43. The molecule has 13 atom stereocenters. The van der Waals surface area contributed by atoms with E-state index in [1.165, 1.54) is 25.7 Å². The Morgan fingerprint density at radius 1 is 0.949 bits per heavy atom. The summed E-state index contributed by atoms with van der Waals surface area (Å²) in [6, 6.07) is 0. The van der Waals surface area contributed by atoms with E-state index >= 15 is 0 Å². The topological polar surface area (TPSA) is 118 Å². The molecule has 0 aromatic carbocycles. The first-order chi connectivity index (χ1) is 18.4. The quantitative estimate of drug-likeness (QED) is 0.278. The Morgan fingerprint density at radius 3 is 2.26 bits per heavy atom. The molecule has 0 spiro atoms. The molecule has 6 fully saturated rings. The molecule has 0 aromatic heterocycles. The summed E-state index contributed by atoms with van der Waals surface area (Å²) in [4.78, 5) is 13.7. The van der Waals surface area contributed by atoms with Crippen LogP contribution in [0.25, 0.3) is 0 Å². The van der Waals surface area contributed by atoms with Crippen LogP contribution in [0.15, 0.2) is 0 Å². The maximum absolute atomic E-state index is 13.7. The Bertz CT molecular complexity index is 988. The highest BCUT2D eigenvalue weighted by molar-refractivity contribution is 5.93. The fraction of sp³-hybridized carbons (Fsp3) is 0.968. The van der Waals surface area contributed by atoms with Crippen LogP contribution in [0.2, 0.25) is 0 Å². The molecule has 8 nitrogen and oxygen atoms in total. The van der Waals surface area contributed by atoms with Crippen LogP contribution < -0.4 is 0 Å². The van der Waals surface area contributed by atoms with Crippen LogP contribution >= 0.6 is 0 Å². The number of hydrogen-bond donors (Lipinski definition) is 3. The zero-order chi connectivity index (χ0) is 28.2. The molecule has 3 heterocycles. The van der Waals surface area contributed by atoms with Gasteiger partial charge >= 0.3 is 0 Å². The normalized spacial score (nSPS) is 55.0. The second-order valence-corrected chi connectivity index (χ2v) is 14.2. The predicted octanol–water partition coefficient (Wildman–Crippen LogP) is 3.72. The molecule has 3 saturated carbocycles. The molecule has 8 heteroatoms. The van der Waals surface area contributed by atoms with Crippen LogP contribution in [0.4, 0.5) is 0 Å². The van der Waals surface area contributed by atoms with Gasteiger partial charge in [0.05, 0.1) is 12.2 Å². The summed E-state index contributed by atoms with van der Waals surface area (Å²) < 4.78 is 27.3. The fourth-order valence-electron chi connectivity index (χ4n) is 10.0. The molecule has 3 aliphatic heterocycles. The first-order valence-electron chi connectivity index (χ1n) is 15.7. The fourth-order valence-corrected chi connectivity index (χ4v) is 10.0.